The molecule has 0 saturated heterocycles. The van der Waals surface area contributed by atoms with Gasteiger partial charge in [0.15, 0.2) is 9.84 Å². The Balaban J connectivity index is 2.14. The number of alkyl halides is 6. The lowest BCUT2D eigenvalue weighted by atomic mass is 9.96. The molecule has 1 aromatic heterocycles. The minimum Gasteiger partial charge on any atom is -0.387 e. The summed E-state index contributed by atoms with van der Waals surface area (Å²) in [5, 5.41) is 18.5. The molecule has 1 aliphatic rings. The van der Waals surface area contributed by atoms with Gasteiger partial charge >= 0.3 is 12.4 Å². The molecule has 0 bridgehead atoms. The molecule has 0 radical (unpaired) electrons. The van der Waals surface area contributed by atoms with Crippen LogP contribution in [0, 0.1) is 0 Å². The van der Waals surface area contributed by atoms with E-state index in [0.717, 1.165) is 18.5 Å². The largest absolute Gasteiger partial charge is 0.416 e. The van der Waals surface area contributed by atoms with E-state index in [0.29, 0.717) is 0 Å². The molecule has 12 heteroatoms. The molecule has 3 unspecified atom stereocenters. The summed E-state index contributed by atoms with van der Waals surface area (Å²) in [4.78, 5) is 3.23. The maximum absolute atomic E-state index is 13.0. The van der Waals surface area contributed by atoms with Crippen molar-refractivity contribution in [3.63, 3.8) is 0 Å². The van der Waals surface area contributed by atoms with Crippen LogP contribution in [0.15, 0.2) is 41.6 Å². The van der Waals surface area contributed by atoms with E-state index < -0.39 is 61.2 Å². The fraction of sp³-hybridized carbons (Fsp3) is 0.312. The summed E-state index contributed by atoms with van der Waals surface area (Å²) in [6, 6.07) is 1.33. The average molecular weight is 427 g/mol. The molecule has 0 fully saturated rings. The number of benzene rings is 1. The summed E-state index contributed by atoms with van der Waals surface area (Å²) in [7, 11) is -4.44. The highest BCUT2D eigenvalue weighted by Crippen LogP contribution is 2.45. The first-order valence-electron chi connectivity index (χ1n) is 7.58. The zero-order valence-electron chi connectivity index (χ0n) is 13.5. The van der Waals surface area contributed by atoms with E-state index >= 15 is 0 Å². The van der Waals surface area contributed by atoms with Crippen molar-refractivity contribution < 1.29 is 45.0 Å². The third-order valence-corrected chi connectivity index (χ3v) is 6.58. The second kappa shape index (κ2) is 6.42. The van der Waals surface area contributed by atoms with Gasteiger partial charge < -0.3 is 10.2 Å². The molecule has 28 heavy (non-hydrogen) atoms. The van der Waals surface area contributed by atoms with Crippen molar-refractivity contribution in [2.75, 3.05) is 0 Å². The van der Waals surface area contributed by atoms with E-state index in [4.69, 9.17) is 0 Å². The molecule has 0 aliphatic carbocycles. The SMILES string of the molecule is O=S1(=O)c2ccncc2C(O)C1C(O)c1cc(C(F)(F)F)cc(C(F)(F)F)c1. The molecule has 1 aromatic carbocycles. The number of rotatable bonds is 2. The Morgan fingerprint density at radius 3 is 2.00 bits per heavy atom. The molecule has 2 heterocycles. The quantitative estimate of drug-likeness (QED) is 0.720. The lowest BCUT2D eigenvalue weighted by Gasteiger charge is -2.23. The van der Waals surface area contributed by atoms with Gasteiger partial charge in [0.05, 0.1) is 22.1 Å². The van der Waals surface area contributed by atoms with Gasteiger partial charge in [-0.05, 0) is 29.8 Å². The van der Waals surface area contributed by atoms with Gasteiger partial charge in [-0.15, -0.1) is 0 Å². The molecule has 152 valence electrons. The number of hydrogen-bond acceptors (Lipinski definition) is 5. The fourth-order valence-corrected chi connectivity index (χ4v) is 5.08. The highest BCUT2D eigenvalue weighted by molar-refractivity contribution is 7.92. The molecule has 3 atom stereocenters. The first kappa shape index (κ1) is 20.6. The van der Waals surface area contributed by atoms with Gasteiger partial charge in [0.2, 0.25) is 0 Å². The van der Waals surface area contributed by atoms with Gasteiger partial charge in [0.1, 0.15) is 11.4 Å². The van der Waals surface area contributed by atoms with Gasteiger partial charge in [-0.1, -0.05) is 0 Å². The molecule has 2 aromatic rings. The monoisotopic (exact) mass is 427 g/mol. The van der Waals surface area contributed by atoms with Crippen LogP contribution in [0.5, 0.6) is 0 Å². The van der Waals surface area contributed by atoms with E-state index in [1.54, 1.807) is 0 Å². The number of halogens is 6. The fourth-order valence-electron chi connectivity index (χ4n) is 3.05. The van der Waals surface area contributed by atoms with Crippen molar-refractivity contribution in [1.82, 2.24) is 4.98 Å². The van der Waals surface area contributed by atoms with Crippen LogP contribution < -0.4 is 0 Å². The number of sulfone groups is 1. The third-order valence-electron chi connectivity index (χ3n) is 4.37. The van der Waals surface area contributed by atoms with Crippen LogP contribution in [0.25, 0.3) is 0 Å². The first-order chi connectivity index (χ1) is 12.7. The van der Waals surface area contributed by atoms with Crippen molar-refractivity contribution in [1.29, 1.82) is 0 Å². The van der Waals surface area contributed by atoms with Crippen LogP contribution in [0.2, 0.25) is 0 Å². The molecule has 2 N–H and O–H groups in total. The van der Waals surface area contributed by atoms with Crippen LogP contribution >= 0.6 is 0 Å². The predicted molar refractivity (Wildman–Crippen MR) is 81.6 cm³/mol. The average Bonchev–Trinajstić information content (AvgIpc) is 2.79. The zero-order valence-corrected chi connectivity index (χ0v) is 14.3. The van der Waals surface area contributed by atoms with Crippen molar-refractivity contribution in [2.45, 2.75) is 34.7 Å². The van der Waals surface area contributed by atoms with Gasteiger partial charge in [-0.2, -0.15) is 26.3 Å². The number of aliphatic hydroxyl groups is 2. The van der Waals surface area contributed by atoms with Crippen molar-refractivity contribution in [2.24, 2.45) is 0 Å². The van der Waals surface area contributed by atoms with E-state index in [2.05, 4.69) is 4.98 Å². The van der Waals surface area contributed by atoms with Crippen molar-refractivity contribution in [3.05, 3.63) is 58.9 Å². The van der Waals surface area contributed by atoms with Gasteiger partial charge in [0, 0.05) is 18.0 Å². The minimum atomic E-state index is -5.17. The number of hydrogen-bond donors (Lipinski definition) is 2. The number of pyridine rings is 1. The second-order valence-corrected chi connectivity index (χ2v) is 8.23. The standard InChI is InChI=1S/C16H11F6NO4S/c17-15(18,19)8-3-7(4-9(5-8)16(20,21)22)12(24)14-13(25)10-6-23-2-1-11(10)28(14,26)27/h1-6,12-14,24-25H. The first-order valence-corrected chi connectivity index (χ1v) is 9.12. The maximum Gasteiger partial charge on any atom is 0.416 e. The van der Waals surface area contributed by atoms with Crippen molar-refractivity contribution >= 4 is 9.84 Å². The van der Waals surface area contributed by atoms with Crippen molar-refractivity contribution in [3.8, 4) is 0 Å². The van der Waals surface area contributed by atoms with Crippen LogP contribution in [-0.2, 0) is 22.2 Å². The smallest absolute Gasteiger partial charge is 0.387 e. The third kappa shape index (κ3) is 3.35. The molecular formula is C16H11F6NO4S. The van der Waals surface area contributed by atoms with Gasteiger partial charge in [-0.25, -0.2) is 8.42 Å². The lowest BCUT2D eigenvalue weighted by Crippen LogP contribution is -2.29. The predicted octanol–water partition coefficient (Wildman–Crippen LogP) is 3.04. The molecule has 0 amide bonds. The Morgan fingerprint density at radius 1 is 1.00 bits per heavy atom. The Labute approximate surface area is 154 Å². The van der Waals surface area contributed by atoms with Crippen LogP contribution in [0.3, 0.4) is 0 Å². The summed E-state index contributed by atoms with van der Waals surface area (Å²) in [6.07, 6.45) is -12.5. The van der Waals surface area contributed by atoms with E-state index in [9.17, 15) is 45.0 Å². The Kier molecular flexibility index (Phi) is 4.72. The maximum atomic E-state index is 13.0. The molecule has 0 spiro atoms. The Morgan fingerprint density at radius 2 is 1.54 bits per heavy atom. The van der Waals surface area contributed by atoms with E-state index in [1.165, 1.54) is 0 Å². The summed E-state index contributed by atoms with van der Waals surface area (Å²) in [5.74, 6) is 0. The van der Waals surface area contributed by atoms with Gasteiger partial charge in [-0.3, -0.25) is 4.98 Å². The van der Waals surface area contributed by atoms with Gasteiger partial charge in [0.25, 0.3) is 0 Å². The topological polar surface area (TPSA) is 87.5 Å². The molecule has 0 saturated carbocycles. The van der Waals surface area contributed by atoms with Crippen LogP contribution in [-0.4, -0.2) is 28.9 Å². The molecule has 3 rings (SSSR count). The summed E-state index contributed by atoms with van der Waals surface area (Å²) in [5.41, 5.74) is -4.55. The molecule has 1 aliphatic heterocycles. The Hall–Kier alpha value is -2.18. The van der Waals surface area contributed by atoms with E-state index in [-0.39, 0.29) is 23.8 Å². The molecule has 5 nitrogen and oxygen atoms in total. The summed E-state index contributed by atoms with van der Waals surface area (Å²) < 4.78 is 103. The van der Waals surface area contributed by atoms with Crippen LogP contribution in [0.4, 0.5) is 26.3 Å². The Bertz CT molecular complexity index is 986. The van der Waals surface area contributed by atoms with Crippen LogP contribution in [0.1, 0.15) is 34.5 Å². The number of nitrogens with zero attached hydrogens (tertiary/aromatic N) is 1. The second-order valence-electron chi connectivity index (χ2n) is 6.15. The highest BCUT2D eigenvalue weighted by atomic mass is 32.2. The number of aliphatic hydroxyl groups excluding tert-OH is 2. The summed E-state index contributed by atoms with van der Waals surface area (Å²) in [6.45, 7) is 0. The molecular weight excluding hydrogens is 416 g/mol. The summed E-state index contributed by atoms with van der Waals surface area (Å²) >= 11 is 0. The number of fused-ring (bicyclic) bond motifs is 1. The van der Waals surface area contributed by atoms with E-state index in [1.807, 2.05) is 0 Å². The normalized spacial score (nSPS) is 22.7. The number of aromatic nitrogens is 1. The zero-order chi connectivity index (χ0) is 21.1. The highest BCUT2D eigenvalue weighted by Gasteiger charge is 2.49. The minimum absolute atomic E-state index is 0.144. The lowest BCUT2D eigenvalue weighted by molar-refractivity contribution is -0.143.